The van der Waals surface area contributed by atoms with E-state index in [4.69, 9.17) is 5.26 Å². The highest BCUT2D eigenvalue weighted by molar-refractivity contribution is 7.92. The number of amides is 1. The van der Waals surface area contributed by atoms with Crippen LogP contribution >= 0.6 is 0 Å². The predicted octanol–water partition coefficient (Wildman–Crippen LogP) is 4.27. The summed E-state index contributed by atoms with van der Waals surface area (Å²) in [6.45, 7) is 0.647. The fourth-order valence-corrected chi connectivity index (χ4v) is 4.94. The number of anilines is 2. The van der Waals surface area contributed by atoms with E-state index in [1.807, 2.05) is 24.3 Å². The van der Waals surface area contributed by atoms with Crippen LogP contribution in [0.3, 0.4) is 0 Å². The van der Waals surface area contributed by atoms with Crippen LogP contribution in [0.5, 0.6) is 0 Å². The number of hydrogen-bond acceptors (Lipinski definition) is 4. The van der Waals surface area contributed by atoms with Crippen molar-refractivity contribution >= 4 is 27.3 Å². The standard InChI is InChI=1S/C25H23N3O3S/c26-18-20-10-8-19(9-11-20)12-15-25(29)28-16-4-5-21-17-22(13-14-24(21)28)27-32(30,31)23-6-2-1-3-7-23/h1-3,6-11,13-14,17,27H,4-5,12,15-16H2. The number of nitriles is 1. The number of carbonyl (C=O) groups excluding carboxylic acids is 1. The Morgan fingerprint density at radius 3 is 2.50 bits per heavy atom. The summed E-state index contributed by atoms with van der Waals surface area (Å²) in [5.41, 5.74) is 3.89. The summed E-state index contributed by atoms with van der Waals surface area (Å²) in [6, 6.07) is 22.9. The lowest BCUT2D eigenvalue weighted by Gasteiger charge is -2.30. The predicted molar refractivity (Wildman–Crippen MR) is 124 cm³/mol. The van der Waals surface area contributed by atoms with Crippen LogP contribution in [0, 0.1) is 11.3 Å². The van der Waals surface area contributed by atoms with Gasteiger partial charge in [0.25, 0.3) is 10.0 Å². The summed E-state index contributed by atoms with van der Waals surface area (Å²) < 4.78 is 27.8. The van der Waals surface area contributed by atoms with Gasteiger partial charge >= 0.3 is 0 Å². The number of benzene rings is 3. The smallest absolute Gasteiger partial charge is 0.261 e. The molecule has 3 aromatic carbocycles. The van der Waals surface area contributed by atoms with Gasteiger partial charge in [0.15, 0.2) is 0 Å². The minimum absolute atomic E-state index is 0.0351. The molecule has 0 aliphatic carbocycles. The van der Waals surface area contributed by atoms with Crippen LogP contribution in [0.15, 0.2) is 77.7 Å². The van der Waals surface area contributed by atoms with Gasteiger partial charge in [0.2, 0.25) is 5.91 Å². The summed E-state index contributed by atoms with van der Waals surface area (Å²) in [5, 5.41) is 8.90. The molecule has 1 amide bonds. The number of fused-ring (bicyclic) bond motifs is 1. The second kappa shape index (κ2) is 9.25. The van der Waals surface area contributed by atoms with Crippen molar-refractivity contribution in [3.05, 3.63) is 89.5 Å². The fraction of sp³-hybridized carbons (Fsp3) is 0.200. The Morgan fingerprint density at radius 2 is 1.78 bits per heavy atom. The molecule has 1 heterocycles. The molecule has 1 N–H and O–H groups in total. The quantitative estimate of drug-likeness (QED) is 0.613. The third kappa shape index (κ3) is 4.82. The average molecular weight is 446 g/mol. The van der Waals surface area contributed by atoms with Gasteiger partial charge in [-0.3, -0.25) is 9.52 Å². The Morgan fingerprint density at radius 1 is 1.03 bits per heavy atom. The van der Waals surface area contributed by atoms with Gasteiger partial charge in [0, 0.05) is 24.3 Å². The van der Waals surface area contributed by atoms with Gasteiger partial charge in [0.1, 0.15) is 0 Å². The molecule has 32 heavy (non-hydrogen) atoms. The number of nitrogens with zero attached hydrogens (tertiary/aromatic N) is 2. The summed E-state index contributed by atoms with van der Waals surface area (Å²) in [4.78, 5) is 14.9. The topological polar surface area (TPSA) is 90.3 Å². The van der Waals surface area contributed by atoms with Crippen LogP contribution in [0.2, 0.25) is 0 Å². The van der Waals surface area contributed by atoms with Gasteiger partial charge in [-0.05, 0) is 72.9 Å². The Kier molecular flexibility index (Phi) is 6.24. The maximum absolute atomic E-state index is 12.9. The molecule has 4 rings (SSSR count). The minimum atomic E-state index is -3.66. The highest BCUT2D eigenvalue weighted by atomic mass is 32.2. The SMILES string of the molecule is N#Cc1ccc(CCC(=O)N2CCCc3cc(NS(=O)(=O)c4ccccc4)ccc32)cc1. The molecule has 7 heteroatoms. The first kappa shape index (κ1) is 21.6. The number of sulfonamides is 1. The molecule has 0 radical (unpaired) electrons. The Labute approximate surface area is 188 Å². The van der Waals surface area contributed by atoms with E-state index >= 15 is 0 Å². The van der Waals surface area contributed by atoms with E-state index in [0.717, 1.165) is 29.7 Å². The zero-order chi connectivity index (χ0) is 22.6. The number of carbonyl (C=O) groups is 1. The Balaban J connectivity index is 1.46. The van der Waals surface area contributed by atoms with Crippen LogP contribution in [-0.2, 0) is 27.7 Å². The zero-order valence-corrected chi connectivity index (χ0v) is 18.3. The van der Waals surface area contributed by atoms with Crippen LogP contribution in [0.4, 0.5) is 11.4 Å². The van der Waals surface area contributed by atoms with Crippen molar-refractivity contribution < 1.29 is 13.2 Å². The second-order valence-electron chi connectivity index (χ2n) is 7.72. The van der Waals surface area contributed by atoms with Crippen LogP contribution < -0.4 is 9.62 Å². The first-order valence-corrected chi connectivity index (χ1v) is 11.9. The number of rotatable bonds is 6. The summed E-state index contributed by atoms with van der Waals surface area (Å²) in [7, 11) is -3.66. The van der Waals surface area contributed by atoms with Gasteiger partial charge in [0.05, 0.1) is 16.5 Å². The molecule has 6 nitrogen and oxygen atoms in total. The van der Waals surface area contributed by atoms with Crippen molar-refractivity contribution in [2.24, 2.45) is 0 Å². The first-order valence-electron chi connectivity index (χ1n) is 10.5. The van der Waals surface area contributed by atoms with E-state index in [9.17, 15) is 13.2 Å². The highest BCUT2D eigenvalue weighted by Gasteiger charge is 2.23. The van der Waals surface area contributed by atoms with Crippen molar-refractivity contribution in [3.8, 4) is 6.07 Å². The second-order valence-corrected chi connectivity index (χ2v) is 9.40. The number of hydrogen-bond donors (Lipinski definition) is 1. The van der Waals surface area contributed by atoms with E-state index in [-0.39, 0.29) is 10.8 Å². The van der Waals surface area contributed by atoms with Crippen LogP contribution in [-0.4, -0.2) is 20.9 Å². The van der Waals surface area contributed by atoms with E-state index in [1.54, 1.807) is 53.4 Å². The molecule has 1 aliphatic rings. The maximum atomic E-state index is 12.9. The molecule has 162 valence electrons. The third-order valence-electron chi connectivity index (χ3n) is 5.52. The molecule has 0 saturated carbocycles. The summed E-state index contributed by atoms with van der Waals surface area (Å²) in [5.74, 6) is 0.0351. The van der Waals surface area contributed by atoms with E-state index in [1.165, 1.54) is 0 Å². The van der Waals surface area contributed by atoms with Gasteiger partial charge in [-0.2, -0.15) is 5.26 Å². The number of nitrogens with one attached hydrogen (secondary N) is 1. The Hall–Kier alpha value is -3.63. The lowest BCUT2D eigenvalue weighted by molar-refractivity contribution is -0.118. The van der Waals surface area contributed by atoms with Crippen LogP contribution in [0.1, 0.15) is 29.5 Å². The monoisotopic (exact) mass is 445 g/mol. The molecule has 0 unspecified atom stereocenters. The average Bonchev–Trinajstić information content (AvgIpc) is 2.82. The first-order chi connectivity index (χ1) is 15.5. The lowest BCUT2D eigenvalue weighted by atomic mass is 10.00. The molecule has 0 saturated heterocycles. The minimum Gasteiger partial charge on any atom is -0.312 e. The van der Waals surface area contributed by atoms with Crippen molar-refractivity contribution in [3.63, 3.8) is 0 Å². The summed E-state index contributed by atoms with van der Waals surface area (Å²) in [6.07, 6.45) is 2.58. The van der Waals surface area contributed by atoms with Gasteiger partial charge in [-0.25, -0.2) is 8.42 Å². The molecular weight excluding hydrogens is 422 g/mol. The maximum Gasteiger partial charge on any atom is 0.261 e. The molecule has 0 fully saturated rings. The highest BCUT2D eigenvalue weighted by Crippen LogP contribution is 2.31. The molecule has 1 aliphatic heterocycles. The molecular formula is C25H23N3O3S. The normalized spacial score (nSPS) is 13.2. The molecule has 0 bridgehead atoms. The Bertz CT molecular complexity index is 1260. The van der Waals surface area contributed by atoms with Crippen LogP contribution in [0.25, 0.3) is 0 Å². The molecule has 0 atom stereocenters. The molecule has 3 aromatic rings. The van der Waals surface area contributed by atoms with E-state index < -0.39 is 10.0 Å². The van der Waals surface area contributed by atoms with Crippen molar-refractivity contribution in [2.45, 2.75) is 30.6 Å². The largest absolute Gasteiger partial charge is 0.312 e. The van der Waals surface area contributed by atoms with E-state index in [0.29, 0.717) is 30.6 Å². The number of aryl methyl sites for hydroxylation is 2. The van der Waals surface area contributed by atoms with Gasteiger partial charge in [-0.1, -0.05) is 30.3 Å². The molecule has 0 aromatic heterocycles. The van der Waals surface area contributed by atoms with E-state index in [2.05, 4.69) is 10.8 Å². The van der Waals surface area contributed by atoms with Crippen molar-refractivity contribution in [2.75, 3.05) is 16.2 Å². The van der Waals surface area contributed by atoms with Crippen molar-refractivity contribution in [1.82, 2.24) is 0 Å². The van der Waals surface area contributed by atoms with Gasteiger partial charge < -0.3 is 4.90 Å². The van der Waals surface area contributed by atoms with Crippen molar-refractivity contribution in [1.29, 1.82) is 5.26 Å². The third-order valence-corrected chi connectivity index (χ3v) is 6.91. The molecule has 0 spiro atoms. The summed E-state index contributed by atoms with van der Waals surface area (Å²) >= 11 is 0. The fourth-order valence-electron chi connectivity index (χ4n) is 3.87. The lowest BCUT2D eigenvalue weighted by Crippen LogP contribution is -2.35. The zero-order valence-electron chi connectivity index (χ0n) is 17.5. The van der Waals surface area contributed by atoms with Gasteiger partial charge in [-0.15, -0.1) is 0 Å².